The third kappa shape index (κ3) is 3.47. The van der Waals surface area contributed by atoms with Gasteiger partial charge in [-0.2, -0.15) is 0 Å². The van der Waals surface area contributed by atoms with E-state index in [2.05, 4.69) is 29.3 Å². The first-order valence-electron chi connectivity index (χ1n) is 7.57. The summed E-state index contributed by atoms with van der Waals surface area (Å²) in [5.74, 6) is 1.45. The first kappa shape index (κ1) is 16.0. The summed E-state index contributed by atoms with van der Waals surface area (Å²) in [4.78, 5) is 6.77. The van der Waals surface area contributed by atoms with Crippen molar-refractivity contribution in [3.63, 3.8) is 0 Å². The van der Waals surface area contributed by atoms with E-state index in [1.165, 1.54) is 25.7 Å². The van der Waals surface area contributed by atoms with Gasteiger partial charge in [0, 0.05) is 30.9 Å². The maximum Gasteiger partial charge on any atom is 0.183 e. The smallest absolute Gasteiger partial charge is 0.183 e. The van der Waals surface area contributed by atoms with Crippen LogP contribution < -0.4 is 14.8 Å². The Kier molecular flexibility index (Phi) is 5.42. The Hall–Kier alpha value is -1.33. The van der Waals surface area contributed by atoms with E-state index in [1.807, 2.05) is 6.07 Å². The van der Waals surface area contributed by atoms with Crippen LogP contribution in [0.3, 0.4) is 0 Å². The van der Waals surface area contributed by atoms with E-state index >= 15 is 0 Å². The molecule has 5 nitrogen and oxygen atoms in total. The molecule has 1 aliphatic carbocycles. The van der Waals surface area contributed by atoms with Crippen LogP contribution in [-0.2, 0) is 6.54 Å². The van der Waals surface area contributed by atoms with E-state index < -0.39 is 0 Å². The largest absolute Gasteiger partial charge is 0.493 e. The number of methoxy groups -OCH3 is 2. The topological polar surface area (TPSA) is 46.6 Å². The second-order valence-corrected chi connectivity index (χ2v) is 5.92. The van der Waals surface area contributed by atoms with Gasteiger partial charge in [-0.25, -0.2) is 0 Å². The van der Waals surface area contributed by atoms with Gasteiger partial charge in [-0.1, -0.05) is 12.8 Å². The van der Waals surface area contributed by atoms with E-state index in [0.717, 1.165) is 23.7 Å². The fraction of sp³-hybridized carbons (Fsp3) is 0.688. The molecular formula is C16H27N3O2. The highest BCUT2D eigenvalue weighted by Crippen LogP contribution is 2.33. The van der Waals surface area contributed by atoms with Gasteiger partial charge in [-0.05, 0) is 26.9 Å². The quantitative estimate of drug-likeness (QED) is 0.834. The number of hydrogen-bond donors (Lipinski definition) is 1. The lowest BCUT2D eigenvalue weighted by molar-refractivity contribution is 0.153. The zero-order valence-electron chi connectivity index (χ0n) is 13.6. The summed E-state index contributed by atoms with van der Waals surface area (Å²) < 4.78 is 10.7. The van der Waals surface area contributed by atoms with Crippen LogP contribution in [0, 0.1) is 0 Å². The summed E-state index contributed by atoms with van der Waals surface area (Å²) in [6.07, 6.45) is 6.92. The molecule has 0 aliphatic heterocycles. The van der Waals surface area contributed by atoms with Gasteiger partial charge in [0.2, 0.25) is 0 Å². The van der Waals surface area contributed by atoms with Gasteiger partial charge in [0.1, 0.15) is 0 Å². The number of nitrogens with zero attached hydrogens (tertiary/aromatic N) is 2. The van der Waals surface area contributed by atoms with Gasteiger partial charge in [-0.15, -0.1) is 0 Å². The van der Waals surface area contributed by atoms with Crippen molar-refractivity contribution >= 4 is 0 Å². The van der Waals surface area contributed by atoms with Gasteiger partial charge < -0.3 is 19.7 Å². The Morgan fingerprint density at radius 1 is 1.24 bits per heavy atom. The zero-order valence-corrected chi connectivity index (χ0v) is 13.6. The fourth-order valence-corrected chi connectivity index (χ4v) is 3.21. The number of pyridine rings is 1. The number of rotatable bonds is 7. The average Bonchev–Trinajstić information content (AvgIpc) is 2.97. The molecule has 1 aliphatic rings. The van der Waals surface area contributed by atoms with Crippen LogP contribution in [0.25, 0.3) is 0 Å². The molecule has 118 valence electrons. The standard InChI is InChI=1S/C16H27N3O2/c1-19(2)16(8-5-6-9-16)12-17-11-13-15(21-4)14(20-3)7-10-18-13/h7,10,17H,5-6,8-9,11-12H2,1-4H3. The van der Waals surface area contributed by atoms with Crippen molar-refractivity contribution in [2.75, 3.05) is 34.9 Å². The molecule has 0 amide bonds. The lowest BCUT2D eigenvalue weighted by Gasteiger charge is -2.36. The number of likely N-dealkylation sites (N-methyl/N-ethyl adjacent to an activating group) is 1. The van der Waals surface area contributed by atoms with Gasteiger partial charge in [0.15, 0.2) is 11.5 Å². The molecule has 0 radical (unpaired) electrons. The molecule has 0 bridgehead atoms. The third-order valence-electron chi connectivity index (χ3n) is 4.60. The first-order valence-corrected chi connectivity index (χ1v) is 7.57. The summed E-state index contributed by atoms with van der Waals surface area (Å²) >= 11 is 0. The average molecular weight is 293 g/mol. The molecular weight excluding hydrogens is 266 g/mol. The second kappa shape index (κ2) is 7.09. The molecule has 1 saturated carbocycles. The SMILES string of the molecule is COc1ccnc(CNCC2(N(C)C)CCCC2)c1OC. The van der Waals surface area contributed by atoms with Gasteiger partial charge >= 0.3 is 0 Å². The Labute approximate surface area is 127 Å². The number of hydrogen-bond acceptors (Lipinski definition) is 5. The van der Waals surface area contributed by atoms with Crippen molar-refractivity contribution in [2.45, 2.75) is 37.8 Å². The molecule has 1 N–H and O–H groups in total. The molecule has 1 aromatic rings. The second-order valence-electron chi connectivity index (χ2n) is 5.92. The van der Waals surface area contributed by atoms with Crippen molar-refractivity contribution in [3.05, 3.63) is 18.0 Å². The molecule has 1 heterocycles. The Bertz CT molecular complexity index is 457. The summed E-state index contributed by atoms with van der Waals surface area (Å²) in [6, 6.07) is 1.82. The summed E-state index contributed by atoms with van der Waals surface area (Å²) in [5, 5.41) is 3.55. The molecule has 2 rings (SSSR count). The maximum absolute atomic E-state index is 5.42. The molecule has 21 heavy (non-hydrogen) atoms. The molecule has 1 fully saturated rings. The van der Waals surface area contributed by atoms with Crippen molar-refractivity contribution in [3.8, 4) is 11.5 Å². The Morgan fingerprint density at radius 2 is 1.95 bits per heavy atom. The zero-order chi connectivity index (χ0) is 15.3. The van der Waals surface area contributed by atoms with Gasteiger partial charge in [0.05, 0.1) is 19.9 Å². The summed E-state index contributed by atoms with van der Waals surface area (Å²) in [6.45, 7) is 1.66. The van der Waals surface area contributed by atoms with Crippen molar-refractivity contribution in [2.24, 2.45) is 0 Å². The van der Waals surface area contributed by atoms with Crippen LogP contribution in [0.2, 0.25) is 0 Å². The van der Waals surface area contributed by atoms with E-state index in [9.17, 15) is 0 Å². The summed E-state index contributed by atoms with van der Waals surface area (Å²) in [5.41, 5.74) is 1.18. The van der Waals surface area contributed by atoms with Crippen LogP contribution in [-0.4, -0.2) is 50.3 Å². The molecule has 0 aromatic carbocycles. The third-order valence-corrected chi connectivity index (χ3v) is 4.60. The van der Waals surface area contributed by atoms with E-state index in [-0.39, 0.29) is 5.54 Å². The van der Waals surface area contributed by atoms with Crippen molar-refractivity contribution in [1.82, 2.24) is 15.2 Å². The van der Waals surface area contributed by atoms with Crippen molar-refractivity contribution in [1.29, 1.82) is 0 Å². The molecule has 0 atom stereocenters. The predicted molar refractivity (Wildman–Crippen MR) is 83.9 cm³/mol. The van der Waals surface area contributed by atoms with Crippen LogP contribution in [0.5, 0.6) is 11.5 Å². The molecule has 0 spiro atoms. The van der Waals surface area contributed by atoms with E-state index in [1.54, 1.807) is 20.4 Å². The predicted octanol–water partition coefficient (Wildman–Crippen LogP) is 2.06. The van der Waals surface area contributed by atoms with Crippen LogP contribution in [0.15, 0.2) is 12.3 Å². The highest BCUT2D eigenvalue weighted by atomic mass is 16.5. The number of nitrogens with one attached hydrogen (secondary N) is 1. The Balaban J connectivity index is 2.00. The van der Waals surface area contributed by atoms with Crippen molar-refractivity contribution < 1.29 is 9.47 Å². The van der Waals surface area contributed by atoms with Crippen LogP contribution >= 0.6 is 0 Å². The fourth-order valence-electron chi connectivity index (χ4n) is 3.21. The lowest BCUT2D eigenvalue weighted by atomic mass is 9.96. The van der Waals surface area contributed by atoms with E-state index in [0.29, 0.717) is 6.54 Å². The van der Waals surface area contributed by atoms with E-state index in [4.69, 9.17) is 9.47 Å². The summed E-state index contributed by atoms with van der Waals surface area (Å²) in [7, 11) is 7.66. The maximum atomic E-state index is 5.42. The molecule has 5 heteroatoms. The number of aromatic nitrogens is 1. The molecule has 1 aromatic heterocycles. The van der Waals surface area contributed by atoms with Gasteiger partial charge in [0.25, 0.3) is 0 Å². The number of ether oxygens (including phenoxy) is 2. The van der Waals surface area contributed by atoms with Crippen LogP contribution in [0.1, 0.15) is 31.4 Å². The highest BCUT2D eigenvalue weighted by molar-refractivity contribution is 5.42. The van der Waals surface area contributed by atoms with Crippen LogP contribution in [0.4, 0.5) is 0 Å². The minimum absolute atomic E-state index is 0.284. The molecule has 0 saturated heterocycles. The molecule has 0 unspecified atom stereocenters. The Morgan fingerprint density at radius 3 is 2.52 bits per heavy atom. The minimum Gasteiger partial charge on any atom is -0.493 e. The minimum atomic E-state index is 0.284. The van der Waals surface area contributed by atoms with Gasteiger partial charge in [-0.3, -0.25) is 4.98 Å². The normalized spacial score (nSPS) is 17.2. The highest BCUT2D eigenvalue weighted by Gasteiger charge is 2.35. The lowest BCUT2D eigenvalue weighted by Crippen LogP contribution is -2.49. The first-order chi connectivity index (χ1) is 10.1. The monoisotopic (exact) mass is 293 g/mol.